The number of ether oxygens (including phenoxy) is 1. The van der Waals surface area contributed by atoms with Gasteiger partial charge in [0.05, 0.1) is 6.54 Å². The van der Waals surface area contributed by atoms with Crippen LogP contribution in [0.2, 0.25) is 5.02 Å². The fraction of sp³-hybridized carbons (Fsp3) is 0.286. The summed E-state index contributed by atoms with van der Waals surface area (Å²) in [6, 6.07) is 10.9. The van der Waals surface area contributed by atoms with Crippen LogP contribution in [0.5, 0.6) is 0 Å². The van der Waals surface area contributed by atoms with E-state index in [1.165, 1.54) is 12.1 Å². The van der Waals surface area contributed by atoms with Gasteiger partial charge in [0.2, 0.25) is 0 Å². The van der Waals surface area contributed by atoms with E-state index in [-0.39, 0.29) is 0 Å². The molecule has 3 aromatic rings. The quantitative estimate of drug-likeness (QED) is 0.526. The van der Waals surface area contributed by atoms with E-state index in [0.717, 1.165) is 17.5 Å². The first-order chi connectivity index (χ1) is 13.0. The molecule has 4 rings (SSSR count). The summed E-state index contributed by atoms with van der Waals surface area (Å²) in [5.41, 5.74) is 0.145. The third kappa shape index (κ3) is 3.62. The van der Waals surface area contributed by atoms with Crippen molar-refractivity contribution in [3.63, 3.8) is 0 Å². The molecule has 2 heterocycles. The molecule has 3 nitrogen and oxygen atoms in total. The van der Waals surface area contributed by atoms with Crippen molar-refractivity contribution in [1.82, 2.24) is 9.55 Å². The van der Waals surface area contributed by atoms with Crippen molar-refractivity contribution >= 4 is 11.6 Å². The maximum Gasteiger partial charge on any atom is 0.145 e. The second-order valence-corrected chi connectivity index (χ2v) is 6.54. The van der Waals surface area contributed by atoms with Crippen LogP contribution in [0.3, 0.4) is 0 Å². The molecule has 2 unspecified atom stereocenters. The highest BCUT2D eigenvalue weighted by atomic mass is 35.5. The summed E-state index contributed by atoms with van der Waals surface area (Å²) in [7, 11) is 0. The number of halogens is 3. The van der Waals surface area contributed by atoms with Gasteiger partial charge in [0.25, 0.3) is 0 Å². The number of nitrogens with zero attached hydrogens (tertiary/aromatic N) is 2. The van der Waals surface area contributed by atoms with Crippen LogP contribution >= 0.6 is 11.6 Å². The van der Waals surface area contributed by atoms with E-state index in [0.29, 0.717) is 17.1 Å². The second kappa shape index (κ2) is 7.79. The lowest BCUT2D eigenvalue weighted by Crippen LogP contribution is -2.21. The summed E-state index contributed by atoms with van der Waals surface area (Å²) < 4.78 is 35.8. The molecule has 1 aliphatic rings. The Kier molecular flexibility index (Phi) is 5.63. The molecule has 0 aliphatic carbocycles. The van der Waals surface area contributed by atoms with Gasteiger partial charge in [-0.25, -0.2) is 13.8 Å². The smallest absolute Gasteiger partial charge is 0.145 e. The maximum atomic E-state index is 14.5. The fourth-order valence-corrected chi connectivity index (χ4v) is 3.48. The van der Waals surface area contributed by atoms with Gasteiger partial charge in [-0.3, -0.25) is 0 Å². The summed E-state index contributed by atoms with van der Waals surface area (Å²) in [5.74, 6) is -0.465. The van der Waals surface area contributed by atoms with Crippen molar-refractivity contribution < 1.29 is 13.5 Å². The van der Waals surface area contributed by atoms with Crippen LogP contribution in [0.1, 0.15) is 36.9 Å². The third-order valence-electron chi connectivity index (χ3n) is 4.60. The molecule has 0 amide bonds. The molecule has 1 saturated heterocycles. The van der Waals surface area contributed by atoms with Gasteiger partial charge >= 0.3 is 0 Å². The van der Waals surface area contributed by atoms with Gasteiger partial charge in [-0.05, 0) is 19.1 Å². The number of hydrogen-bond acceptors (Lipinski definition) is 2. The Morgan fingerprint density at radius 2 is 1.93 bits per heavy atom. The molecular formula is C21H21ClF2N2O. The zero-order chi connectivity index (χ0) is 19.6. The largest absolute Gasteiger partial charge is 0.354 e. The van der Waals surface area contributed by atoms with Gasteiger partial charge in [0, 0.05) is 34.6 Å². The Bertz CT molecular complexity index is 943. The molecule has 27 heavy (non-hydrogen) atoms. The van der Waals surface area contributed by atoms with Gasteiger partial charge < -0.3 is 9.30 Å². The number of imidazole rings is 1. The predicted octanol–water partition coefficient (Wildman–Crippen LogP) is 5.82. The Hall–Kier alpha value is -2.24. The van der Waals surface area contributed by atoms with Crippen LogP contribution in [0.15, 0.2) is 54.9 Å². The van der Waals surface area contributed by atoms with Crippen LogP contribution in [0.4, 0.5) is 8.78 Å². The molecule has 0 bridgehead atoms. The summed E-state index contributed by atoms with van der Waals surface area (Å²) in [4.78, 5) is 4.20. The monoisotopic (exact) mass is 390 g/mol. The lowest BCUT2D eigenvalue weighted by molar-refractivity contribution is 0.262. The topological polar surface area (TPSA) is 30.4 Å². The first kappa shape index (κ1) is 19.5. The summed E-state index contributed by atoms with van der Waals surface area (Å²) in [5, 5.41) is 0.555. The van der Waals surface area contributed by atoms with E-state index in [1.807, 2.05) is 49.7 Å². The molecule has 1 aliphatic heterocycles. The van der Waals surface area contributed by atoms with Gasteiger partial charge in [-0.1, -0.05) is 49.7 Å². The van der Waals surface area contributed by atoms with Gasteiger partial charge in [-0.2, -0.15) is 0 Å². The number of aromatic nitrogens is 2. The van der Waals surface area contributed by atoms with Crippen LogP contribution < -0.4 is 0 Å². The lowest BCUT2D eigenvalue weighted by Gasteiger charge is -2.17. The minimum Gasteiger partial charge on any atom is -0.354 e. The van der Waals surface area contributed by atoms with E-state index in [9.17, 15) is 8.78 Å². The SMILES string of the molecule is CC.Cc1nccn1CC1(c2ccc(F)cc2F)OC1c1ccccc1Cl. The van der Waals surface area contributed by atoms with Crippen molar-refractivity contribution in [2.24, 2.45) is 0 Å². The highest BCUT2D eigenvalue weighted by Crippen LogP contribution is 2.59. The second-order valence-electron chi connectivity index (χ2n) is 6.14. The molecule has 2 atom stereocenters. The average molecular weight is 391 g/mol. The highest BCUT2D eigenvalue weighted by Gasteiger charge is 2.60. The van der Waals surface area contributed by atoms with E-state index >= 15 is 0 Å². The molecule has 142 valence electrons. The average Bonchev–Trinajstić information content (AvgIpc) is 3.23. The molecular weight excluding hydrogens is 370 g/mol. The van der Waals surface area contributed by atoms with Crippen molar-refractivity contribution in [3.8, 4) is 0 Å². The number of epoxide rings is 1. The summed E-state index contributed by atoms with van der Waals surface area (Å²) in [6.07, 6.45) is 3.07. The van der Waals surface area contributed by atoms with Gasteiger partial charge in [0.15, 0.2) is 0 Å². The Morgan fingerprint density at radius 3 is 2.56 bits per heavy atom. The summed E-state index contributed by atoms with van der Waals surface area (Å²) in [6.45, 7) is 6.22. The van der Waals surface area contributed by atoms with E-state index in [4.69, 9.17) is 16.3 Å². The number of rotatable bonds is 4. The van der Waals surface area contributed by atoms with Gasteiger partial charge in [-0.15, -0.1) is 0 Å². The van der Waals surface area contributed by atoms with Crippen LogP contribution in [-0.2, 0) is 16.9 Å². The molecule has 6 heteroatoms. The lowest BCUT2D eigenvalue weighted by atomic mass is 9.91. The van der Waals surface area contributed by atoms with E-state index < -0.39 is 23.3 Å². The van der Waals surface area contributed by atoms with Crippen molar-refractivity contribution in [3.05, 3.63) is 88.5 Å². The molecule has 1 fully saturated rings. The van der Waals surface area contributed by atoms with E-state index in [2.05, 4.69) is 4.98 Å². The normalized spacial score (nSPS) is 20.7. The van der Waals surface area contributed by atoms with Crippen molar-refractivity contribution in [1.29, 1.82) is 0 Å². The molecule has 0 N–H and O–H groups in total. The highest BCUT2D eigenvalue weighted by molar-refractivity contribution is 6.31. The third-order valence-corrected chi connectivity index (χ3v) is 4.94. The Balaban J connectivity index is 0.00000102. The fourth-order valence-electron chi connectivity index (χ4n) is 3.25. The Morgan fingerprint density at radius 1 is 1.19 bits per heavy atom. The summed E-state index contributed by atoms with van der Waals surface area (Å²) >= 11 is 6.30. The maximum absolute atomic E-state index is 14.5. The van der Waals surface area contributed by atoms with Crippen LogP contribution in [0.25, 0.3) is 0 Å². The van der Waals surface area contributed by atoms with Crippen LogP contribution in [0, 0.1) is 18.6 Å². The first-order valence-electron chi connectivity index (χ1n) is 8.87. The minimum absolute atomic E-state index is 0.312. The molecule has 0 spiro atoms. The van der Waals surface area contributed by atoms with Crippen LogP contribution in [-0.4, -0.2) is 9.55 Å². The molecule has 2 aromatic carbocycles. The minimum atomic E-state index is -0.950. The van der Waals surface area contributed by atoms with E-state index in [1.54, 1.807) is 12.3 Å². The molecule has 1 aromatic heterocycles. The Labute approximate surface area is 162 Å². The molecule has 0 saturated carbocycles. The van der Waals surface area contributed by atoms with Crippen molar-refractivity contribution in [2.45, 2.75) is 39.0 Å². The van der Waals surface area contributed by atoms with Gasteiger partial charge in [0.1, 0.15) is 29.2 Å². The predicted molar refractivity (Wildman–Crippen MR) is 102 cm³/mol. The number of hydrogen-bond donors (Lipinski definition) is 0. The zero-order valence-corrected chi connectivity index (χ0v) is 16.2. The zero-order valence-electron chi connectivity index (χ0n) is 15.4. The number of aryl methyl sites for hydroxylation is 1. The molecule has 0 radical (unpaired) electrons. The van der Waals surface area contributed by atoms with Crippen molar-refractivity contribution in [2.75, 3.05) is 0 Å². The number of benzene rings is 2. The first-order valence-corrected chi connectivity index (χ1v) is 9.24. The standard InChI is InChI=1S/C19H15ClF2N2O.C2H6/c1-12-23-8-9-24(12)11-19(15-7-6-13(21)10-17(15)22)18(25-19)14-4-2-3-5-16(14)20;1-2/h2-10,18H,11H2,1H3;1-2H3.